The fourth-order valence-electron chi connectivity index (χ4n) is 2.19. The summed E-state index contributed by atoms with van der Waals surface area (Å²) in [7, 11) is 1.48. The van der Waals surface area contributed by atoms with Gasteiger partial charge in [-0.2, -0.15) is 0 Å². The topological polar surface area (TPSA) is 73.5 Å². The fourth-order valence-corrected chi connectivity index (χ4v) is 2.19. The Labute approximate surface area is 108 Å². The number of carbonyl (C=O) groups is 2. The zero-order valence-corrected chi connectivity index (χ0v) is 11.5. The molecule has 1 aliphatic heterocycles. The molecular weight excluding hydrogens is 232 g/mol. The Morgan fingerprint density at radius 3 is 2.39 bits per heavy atom. The molecule has 0 bridgehead atoms. The van der Waals surface area contributed by atoms with Crippen LogP contribution in [0.1, 0.15) is 26.7 Å². The third kappa shape index (κ3) is 5.01. The van der Waals surface area contributed by atoms with Crippen molar-refractivity contribution in [3.05, 3.63) is 0 Å². The minimum Gasteiger partial charge on any atom is -0.341 e. The number of rotatable bonds is 5. The van der Waals surface area contributed by atoms with Gasteiger partial charge in [0.05, 0.1) is 6.04 Å². The largest absolute Gasteiger partial charge is 0.341 e. The molecule has 3 amide bonds. The van der Waals surface area contributed by atoms with Crippen molar-refractivity contribution < 1.29 is 9.59 Å². The summed E-state index contributed by atoms with van der Waals surface area (Å²) in [4.78, 5) is 25.0. The highest BCUT2D eigenvalue weighted by Crippen LogP contribution is 2.07. The van der Waals surface area contributed by atoms with E-state index in [1.165, 1.54) is 19.9 Å². The molecule has 1 aliphatic rings. The molecule has 104 valence electrons. The van der Waals surface area contributed by atoms with Crippen molar-refractivity contribution in [1.82, 2.24) is 20.9 Å². The third-order valence-corrected chi connectivity index (χ3v) is 3.12. The summed E-state index contributed by atoms with van der Waals surface area (Å²) < 4.78 is 0. The maximum Gasteiger partial charge on any atom is 0.321 e. The summed E-state index contributed by atoms with van der Waals surface area (Å²) in [5, 5.41) is 7.82. The van der Waals surface area contributed by atoms with Gasteiger partial charge in [-0.05, 0) is 39.8 Å². The van der Waals surface area contributed by atoms with E-state index in [1.54, 1.807) is 6.92 Å². The highest BCUT2D eigenvalue weighted by Gasteiger charge is 2.19. The van der Waals surface area contributed by atoms with Crippen LogP contribution >= 0.6 is 0 Å². The molecule has 0 aliphatic carbocycles. The molecule has 0 saturated carbocycles. The molecule has 6 heteroatoms. The molecule has 1 rings (SSSR count). The highest BCUT2D eigenvalue weighted by atomic mass is 16.2. The summed E-state index contributed by atoms with van der Waals surface area (Å²) in [6.45, 7) is 7.05. The first-order valence-corrected chi connectivity index (χ1v) is 6.54. The Kier molecular flexibility index (Phi) is 6.07. The number of hydrogen-bond acceptors (Lipinski definition) is 4. The fraction of sp³-hybridized carbons (Fsp3) is 0.833. The number of likely N-dealkylation sites (tertiary alicyclic amines) is 1. The first kappa shape index (κ1) is 14.9. The van der Waals surface area contributed by atoms with Crippen LogP contribution < -0.4 is 16.0 Å². The second-order valence-corrected chi connectivity index (χ2v) is 4.87. The quantitative estimate of drug-likeness (QED) is 0.642. The van der Waals surface area contributed by atoms with Gasteiger partial charge in [0.15, 0.2) is 0 Å². The van der Waals surface area contributed by atoms with E-state index in [9.17, 15) is 9.59 Å². The second-order valence-electron chi connectivity index (χ2n) is 4.87. The monoisotopic (exact) mass is 256 g/mol. The number of amides is 3. The minimum absolute atomic E-state index is 0.230. The van der Waals surface area contributed by atoms with Gasteiger partial charge in [0, 0.05) is 19.6 Å². The molecular formula is C12H24N4O2. The van der Waals surface area contributed by atoms with E-state index in [-0.39, 0.29) is 18.0 Å². The molecule has 0 aromatic heterocycles. The molecule has 0 aromatic carbocycles. The van der Waals surface area contributed by atoms with Crippen LogP contribution in [-0.2, 0) is 4.79 Å². The average Bonchev–Trinajstić information content (AvgIpc) is 2.81. The maximum atomic E-state index is 11.6. The van der Waals surface area contributed by atoms with E-state index in [4.69, 9.17) is 0 Å². The Hall–Kier alpha value is -1.14. The molecule has 1 heterocycles. The van der Waals surface area contributed by atoms with Gasteiger partial charge in [0.25, 0.3) is 0 Å². The number of nitrogens with zero attached hydrogens (tertiary/aromatic N) is 1. The highest BCUT2D eigenvalue weighted by molar-refractivity contribution is 5.96. The molecule has 1 saturated heterocycles. The van der Waals surface area contributed by atoms with Crippen molar-refractivity contribution in [1.29, 1.82) is 0 Å². The summed E-state index contributed by atoms with van der Waals surface area (Å²) in [5.74, 6) is -0.303. The van der Waals surface area contributed by atoms with Gasteiger partial charge < -0.3 is 15.5 Å². The van der Waals surface area contributed by atoms with E-state index < -0.39 is 6.03 Å². The molecule has 3 N–H and O–H groups in total. The van der Waals surface area contributed by atoms with Gasteiger partial charge in [-0.1, -0.05) is 0 Å². The molecule has 1 fully saturated rings. The minimum atomic E-state index is -0.471. The van der Waals surface area contributed by atoms with E-state index in [0.717, 1.165) is 19.6 Å². The summed E-state index contributed by atoms with van der Waals surface area (Å²) in [6.07, 6.45) is 2.53. The normalized spacial score (nSPS) is 19.3. The lowest BCUT2D eigenvalue weighted by molar-refractivity contribution is -0.121. The Morgan fingerprint density at radius 2 is 1.83 bits per heavy atom. The lowest BCUT2D eigenvalue weighted by Crippen LogP contribution is -2.51. The molecule has 2 atom stereocenters. The van der Waals surface area contributed by atoms with E-state index in [1.807, 2.05) is 0 Å². The summed E-state index contributed by atoms with van der Waals surface area (Å²) in [5.41, 5.74) is 0. The van der Waals surface area contributed by atoms with Crippen LogP contribution in [0, 0.1) is 0 Å². The zero-order chi connectivity index (χ0) is 13.5. The Morgan fingerprint density at radius 1 is 1.22 bits per heavy atom. The first-order chi connectivity index (χ1) is 8.52. The number of nitrogens with one attached hydrogen (secondary N) is 3. The first-order valence-electron chi connectivity index (χ1n) is 6.54. The molecule has 6 nitrogen and oxygen atoms in total. The average molecular weight is 256 g/mol. The molecule has 2 unspecified atom stereocenters. The van der Waals surface area contributed by atoms with Gasteiger partial charge in [-0.3, -0.25) is 10.1 Å². The van der Waals surface area contributed by atoms with Crippen LogP contribution in [0.3, 0.4) is 0 Å². The standard InChI is InChI=1S/C12H24N4O2/c1-9(8-16-6-4-5-7-16)14-10(2)11(17)15-12(18)13-3/h9-10,14H,4-8H2,1-3H3,(H2,13,15,17,18). The van der Waals surface area contributed by atoms with Crippen molar-refractivity contribution in [2.45, 2.75) is 38.8 Å². The number of urea groups is 1. The van der Waals surface area contributed by atoms with E-state index in [0.29, 0.717) is 0 Å². The van der Waals surface area contributed by atoms with Crippen LogP contribution in [0.25, 0.3) is 0 Å². The Bertz CT molecular complexity index is 290. The molecule has 0 spiro atoms. The SMILES string of the molecule is CNC(=O)NC(=O)C(C)NC(C)CN1CCCC1. The van der Waals surface area contributed by atoms with E-state index in [2.05, 4.69) is 27.8 Å². The smallest absolute Gasteiger partial charge is 0.321 e. The van der Waals surface area contributed by atoms with Crippen LogP contribution in [0.15, 0.2) is 0 Å². The van der Waals surface area contributed by atoms with Gasteiger partial charge in [-0.25, -0.2) is 4.79 Å². The van der Waals surface area contributed by atoms with Gasteiger partial charge in [0.1, 0.15) is 0 Å². The van der Waals surface area contributed by atoms with Crippen LogP contribution in [0.4, 0.5) is 4.79 Å². The predicted molar refractivity (Wildman–Crippen MR) is 70.3 cm³/mol. The molecule has 18 heavy (non-hydrogen) atoms. The lowest BCUT2D eigenvalue weighted by Gasteiger charge is -2.24. The summed E-state index contributed by atoms with van der Waals surface area (Å²) in [6, 6.07) is -0.616. The van der Waals surface area contributed by atoms with Crippen molar-refractivity contribution in [3.8, 4) is 0 Å². The molecule has 0 radical (unpaired) electrons. The van der Waals surface area contributed by atoms with Crippen molar-refractivity contribution in [2.24, 2.45) is 0 Å². The number of imide groups is 1. The van der Waals surface area contributed by atoms with E-state index >= 15 is 0 Å². The maximum absolute atomic E-state index is 11.6. The van der Waals surface area contributed by atoms with Crippen LogP contribution in [-0.4, -0.2) is 55.6 Å². The number of carbonyl (C=O) groups excluding carboxylic acids is 2. The molecule has 0 aromatic rings. The Balaban J connectivity index is 2.26. The van der Waals surface area contributed by atoms with Crippen molar-refractivity contribution in [3.63, 3.8) is 0 Å². The summed E-state index contributed by atoms with van der Waals surface area (Å²) >= 11 is 0. The van der Waals surface area contributed by atoms with Gasteiger partial charge in [-0.15, -0.1) is 0 Å². The number of hydrogen-bond donors (Lipinski definition) is 3. The van der Waals surface area contributed by atoms with Gasteiger partial charge >= 0.3 is 6.03 Å². The van der Waals surface area contributed by atoms with Crippen molar-refractivity contribution >= 4 is 11.9 Å². The van der Waals surface area contributed by atoms with Gasteiger partial charge in [0.2, 0.25) is 5.91 Å². The second kappa shape index (κ2) is 7.33. The lowest BCUT2D eigenvalue weighted by atomic mass is 10.2. The zero-order valence-electron chi connectivity index (χ0n) is 11.5. The van der Waals surface area contributed by atoms with Crippen molar-refractivity contribution in [2.75, 3.05) is 26.7 Å². The predicted octanol–water partition coefficient (Wildman–Crippen LogP) is -0.0956. The van der Waals surface area contributed by atoms with Crippen LogP contribution in [0.2, 0.25) is 0 Å². The van der Waals surface area contributed by atoms with Crippen LogP contribution in [0.5, 0.6) is 0 Å². The third-order valence-electron chi connectivity index (χ3n) is 3.12.